The van der Waals surface area contributed by atoms with E-state index >= 15 is 0 Å². The van der Waals surface area contributed by atoms with Crippen molar-refractivity contribution in [1.29, 1.82) is 0 Å². The van der Waals surface area contributed by atoms with Crippen molar-refractivity contribution in [3.63, 3.8) is 0 Å². The van der Waals surface area contributed by atoms with Gasteiger partial charge in [-0.3, -0.25) is 4.79 Å². The average molecular weight is 176 g/mol. The Labute approximate surface area is 72.7 Å². The van der Waals surface area contributed by atoms with Crippen LogP contribution in [-0.4, -0.2) is 31.0 Å². The Hall–Kier alpha value is -0.0200. The highest BCUT2D eigenvalue weighted by Gasteiger charge is 2.14. The highest BCUT2D eigenvalue weighted by molar-refractivity contribution is 7.98. The SMILES string of the molecule is CCC(=O)C(CCSC)OC. The maximum Gasteiger partial charge on any atom is 0.161 e. The van der Waals surface area contributed by atoms with E-state index in [-0.39, 0.29) is 11.9 Å². The minimum atomic E-state index is -0.174. The molecule has 3 heteroatoms. The number of hydrogen-bond acceptors (Lipinski definition) is 3. The zero-order valence-electron chi connectivity index (χ0n) is 7.42. The molecule has 0 aliphatic heterocycles. The molecule has 0 aromatic rings. The molecule has 0 fully saturated rings. The number of rotatable bonds is 6. The summed E-state index contributed by atoms with van der Waals surface area (Å²) in [7, 11) is 1.60. The van der Waals surface area contributed by atoms with Crippen LogP contribution in [0, 0.1) is 0 Å². The van der Waals surface area contributed by atoms with Gasteiger partial charge < -0.3 is 4.74 Å². The summed E-state index contributed by atoms with van der Waals surface area (Å²) in [5, 5.41) is 0. The lowest BCUT2D eigenvalue weighted by molar-refractivity contribution is -0.128. The van der Waals surface area contributed by atoms with Crippen LogP contribution in [-0.2, 0) is 9.53 Å². The van der Waals surface area contributed by atoms with E-state index in [1.807, 2.05) is 13.2 Å². The molecule has 0 N–H and O–H groups in total. The minimum Gasteiger partial charge on any atom is -0.374 e. The average Bonchev–Trinajstić information content (AvgIpc) is 2.05. The van der Waals surface area contributed by atoms with Gasteiger partial charge in [-0.15, -0.1) is 0 Å². The van der Waals surface area contributed by atoms with Crippen molar-refractivity contribution in [2.24, 2.45) is 0 Å². The van der Waals surface area contributed by atoms with E-state index in [0.29, 0.717) is 6.42 Å². The maximum absolute atomic E-state index is 11.1. The second-order valence-corrected chi connectivity index (χ2v) is 3.31. The third kappa shape index (κ3) is 4.43. The van der Waals surface area contributed by atoms with Gasteiger partial charge >= 0.3 is 0 Å². The van der Waals surface area contributed by atoms with Crippen LogP contribution >= 0.6 is 11.8 Å². The number of thioether (sulfide) groups is 1. The first-order chi connectivity index (χ1) is 5.26. The van der Waals surface area contributed by atoms with Gasteiger partial charge in [0.1, 0.15) is 6.10 Å². The van der Waals surface area contributed by atoms with E-state index < -0.39 is 0 Å². The highest BCUT2D eigenvalue weighted by atomic mass is 32.2. The van der Waals surface area contributed by atoms with E-state index in [4.69, 9.17) is 4.74 Å². The number of ether oxygens (including phenoxy) is 1. The van der Waals surface area contributed by atoms with Crippen LogP contribution in [0.3, 0.4) is 0 Å². The molecule has 0 saturated carbocycles. The molecule has 1 unspecified atom stereocenters. The molecule has 0 spiro atoms. The summed E-state index contributed by atoms with van der Waals surface area (Å²) in [4.78, 5) is 11.1. The second-order valence-electron chi connectivity index (χ2n) is 2.33. The molecule has 1 atom stereocenters. The van der Waals surface area contributed by atoms with Crippen molar-refractivity contribution >= 4 is 17.5 Å². The predicted molar refractivity (Wildman–Crippen MR) is 49.1 cm³/mol. The van der Waals surface area contributed by atoms with Gasteiger partial charge in [0.2, 0.25) is 0 Å². The van der Waals surface area contributed by atoms with Gasteiger partial charge in [0.25, 0.3) is 0 Å². The topological polar surface area (TPSA) is 26.3 Å². The van der Waals surface area contributed by atoms with Crippen molar-refractivity contribution in [1.82, 2.24) is 0 Å². The van der Waals surface area contributed by atoms with E-state index in [0.717, 1.165) is 12.2 Å². The molecule has 0 aromatic heterocycles. The Bertz CT molecular complexity index is 115. The smallest absolute Gasteiger partial charge is 0.161 e. The van der Waals surface area contributed by atoms with Crippen LogP contribution in [0.15, 0.2) is 0 Å². The fourth-order valence-electron chi connectivity index (χ4n) is 0.863. The van der Waals surface area contributed by atoms with Crippen LogP contribution in [0.25, 0.3) is 0 Å². The Balaban J connectivity index is 3.65. The maximum atomic E-state index is 11.1. The first-order valence-electron chi connectivity index (χ1n) is 3.80. The molecule has 0 saturated heterocycles. The fraction of sp³-hybridized carbons (Fsp3) is 0.875. The van der Waals surface area contributed by atoms with Crippen molar-refractivity contribution < 1.29 is 9.53 Å². The van der Waals surface area contributed by atoms with Crippen molar-refractivity contribution in [2.45, 2.75) is 25.9 Å². The first-order valence-corrected chi connectivity index (χ1v) is 5.20. The van der Waals surface area contributed by atoms with E-state index in [9.17, 15) is 4.79 Å². The molecule has 0 aliphatic carbocycles. The number of carbonyl (C=O) groups is 1. The van der Waals surface area contributed by atoms with Gasteiger partial charge in [0, 0.05) is 13.5 Å². The molecule has 2 nitrogen and oxygen atoms in total. The molecule has 11 heavy (non-hydrogen) atoms. The first kappa shape index (κ1) is 11.0. The van der Waals surface area contributed by atoms with Crippen molar-refractivity contribution in [2.75, 3.05) is 19.1 Å². The lowest BCUT2D eigenvalue weighted by Crippen LogP contribution is -2.22. The number of carbonyl (C=O) groups excluding carboxylic acids is 1. The lowest BCUT2D eigenvalue weighted by atomic mass is 10.1. The summed E-state index contributed by atoms with van der Waals surface area (Å²) >= 11 is 1.74. The molecule has 0 heterocycles. The Kier molecular flexibility index (Phi) is 6.66. The number of Topliss-reactive ketones (excluding diaryl/α,β-unsaturated/α-hetero) is 1. The molecule has 0 bridgehead atoms. The standard InChI is InChI=1S/C8H16O2S/c1-4-7(9)8(10-2)5-6-11-3/h8H,4-6H2,1-3H3. The number of ketones is 1. The minimum absolute atomic E-state index is 0.174. The van der Waals surface area contributed by atoms with E-state index in [1.54, 1.807) is 18.9 Å². The zero-order chi connectivity index (χ0) is 8.69. The highest BCUT2D eigenvalue weighted by Crippen LogP contribution is 2.05. The molecule has 0 rings (SSSR count). The fourth-order valence-corrected chi connectivity index (χ4v) is 1.31. The van der Waals surface area contributed by atoms with Crippen LogP contribution in [0.2, 0.25) is 0 Å². The number of methoxy groups -OCH3 is 1. The molecule has 0 amide bonds. The number of hydrogen-bond donors (Lipinski definition) is 0. The lowest BCUT2D eigenvalue weighted by Gasteiger charge is -2.11. The Morgan fingerprint density at radius 3 is 2.64 bits per heavy atom. The van der Waals surface area contributed by atoms with Crippen molar-refractivity contribution in [3.05, 3.63) is 0 Å². The quantitative estimate of drug-likeness (QED) is 0.616. The summed E-state index contributed by atoms with van der Waals surface area (Å²) < 4.78 is 5.04. The molecule has 66 valence electrons. The Morgan fingerprint density at radius 1 is 1.64 bits per heavy atom. The summed E-state index contributed by atoms with van der Waals surface area (Å²) in [6.45, 7) is 1.87. The van der Waals surface area contributed by atoms with Gasteiger partial charge in [-0.05, 0) is 18.4 Å². The predicted octanol–water partition coefficient (Wildman–Crippen LogP) is 1.73. The van der Waals surface area contributed by atoms with Gasteiger partial charge in [0.05, 0.1) is 0 Å². The zero-order valence-corrected chi connectivity index (χ0v) is 8.24. The molecule has 0 aromatic carbocycles. The van der Waals surface area contributed by atoms with Gasteiger partial charge in [-0.1, -0.05) is 6.92 Å². The molecular formula is C8H16O2S. The molecule has 0 aliphatic rings. The third-order valence-corrected chi connectivity index (χ3v) is 2.22. The van der Waals surface area contributed by atoms with Crippen molar-refractivity contribution in [3.8, 4) is 0 Å². The Morgan fingerprint density at radius 2 is 2.27 bits per heavy atom. The normalized spacial score (nSPS) is 13.0. The van der Waals surface area contributed by atoms with Crippen LogP contribution in [0.1, 0.15) is 19.8 Å². The van der Waals surface area contributed by atoms with E-state index in [1.165, 1.54) is 0 Å². The molecule has 0 radical (unpaired) electrons. The van der Waals surface area contributed by atoms with Crippen LogP contribution in [0.5, 0.6) is 0 Å². The summed E-state index contributed by atoms with van der Waals surface area (Å²) in [6.07, 6.45) is 3.27. The third-order valence-electron chi connectivity index (χ3n) is 1.58. The van der Waals surface area contributed by atoms with Gasteiger partial charge in [-0.25, -0.2) is 0 Å². The monoisotopic (exact) mass is 176 g/mol. The van der Waals surface area contributed by atoms with Crippen LogP contribution in [0.4, 0.5) is 0 Å². The molecular weight excluding hydrogens is 160 g/mol. The largest absolute Gasteiger partial charge is 0.374 e. The van der Waals surface area contributed by atoms with E-state index in [2.05, 4.69) is 0 Å². The van der Waals surface area contributed by atoms with Crippen LogP contribution < -0.4 is 0 Å². The van der Waals surface area contributed by atoms with Gasteiger partial charge in [0.15, 0.2) is 5.78 Å². The summed E-state index contributed by atoms with van der Waals surface area (Å²) in [5.41, 5.74) is 0. The van der Waals surface area contributed by atoms with Gasteiger partial charge in [-0.2, -0.15) is 11.8 Å². The second kappa shape index (κ2) is 6.68. The summed E-state index contributed by atoms with van der Waals surface area (Å²) in [5.74, 6) is 1.20. The summed E-state index contributed by atoms with van der Waals surface area (Å²) in [6, 6.07) is 0.